The minimum Gasteiger partial charge on any atom is -0.503 e. The molecule has 1 heterocycles. The zero-order chi connectivity index (χ0) is 15.7. The summed E-state index contributed by atoms with van der Waals surface area (Å²) in [6.45, 7) is 1.59. The Kier molecular flexibility index (Phi) is 3.83. The van der Waals surface area contributed by atoms with Crippen molar-refractivity contribution in [1.82, 2.24) is 20.1 Å². The van der Waals surface area contributed by atoms with Gasteiger partial charge < -0.3 is 10.0 Å². The molecule has 21 heavy (non-hydrogen) atoms. The van der Waals surface area contributed by atoms with Crippen LogP contribution in [0.5, 0.6) is 5.75 Å². The summed E-state index contributed by atoms with van der Waals surface area (Å²) in [7, 11) is 1.31. The van der Waals surface area contributed by atoms with Gasteiger partial charge in [0.1, 0.15) is 5.82 Å². The van der Waals surface area contributed by atoms with Crippen molar-refractivity contribution in [3.05, 3.63) is 40.7 Å². The highest BCUT2D eigenvalue weighted by Crippen LogP contribution is 2.26. The molecule has 112 valence electrons. The number of halogens is 3. The van der Waals surface area contributed by atoms with Gasteiger partial charge in [0.2, 0.25) is 5.82 Å². The van der Waals surface area contributed by atoms with Crippen molar-refractivity contribution in [2.75, 3.05) is 7.05 Å². The van der Waals surface area contributed by atoms with Crippen molar-refractivity contribution in [3.8, 4) is 5.75 Å². The number of aromatic amines is 1. The number of carbonyl (C=O) groups is 1. The molecule has 6 nitrogen and oxygen atoms in total. The van der Waals surface area contributed by atoms with Gasteiger partial charge >= 0.3 is 0 Å². The Morgan fingerprint density at radius 1 is 1.38 bits per heavy atom. The second kappa shape index (κ2) is 5.43. The maximum atomic E-state index is 13.7. The molecular weight excluding hydrogens is 289 g/mol. The molecule has 0 aliphatic carbocycles. The Morgan fingerprint density at radius 3 is 2.62 bits per heavy atom. The molecule has 0 radical (unpaired) electrons. The molecule has 0 saturated carbocycles. The van der Waals surface area contributed by atoms with Gasteiger partial charge in [-0.3, -0.25) is 9.89 Å². The van der Waals surface area contributed by atoms with E-state index in [9.17, 15) is 18.0 Å². The van der Waals surface area contributed by atoms with Gasteiger partial charge in [0.15, 0.2) is 23.2 Å². The quantitative estimate of drug-likeness (QED) is 0.842. The van der Waals surface area contributed by atoms with Gasteiger partial charge in [-0.1, -0.05) is 0 Å². The number of hydrogen-bond acceptors (Lipinski definition) is 4. The third kappa shape index (κ3) is 2.81. The molecule has 1 aromatic carbocycles. The van der Waals surface area contributed by atoms with Crippen molar-refractivity contribution in [1.29, 1.82) is 0 Å². The van der Waals surface area contributed by atoms with Crippen LogP contribution in [0.1, 0.15) is 22.0 Å². The molecule has 1 amide bonds. The van der Waals surface area contributed by atoms with Crippen LogP contribution in [0.4, 0.5) is 13.2 Å². The predicted molar refractivity (Wildman–Crippen MR) is 64.9 cm³/mol. The highest BCUT2D eigenvalue weighted by atomic mass is 19.2. The number of rotatable bonds is 3. The number of phenols is 1. The number of phenolic OH excluding ortho intramolecular Hbond substituents is 1. The largest absolute Gasteiger partial charge is 0.503 e. The maximum Gasteiger partial charge on any atom is 0.257 e. The Labute approximate surface area is 117 Å². The van der Waals surface area contributed by atoms with E-state index < -0.39 is 34.7 Å². The highest BCUT2D eigenvalue weighted by Gasteiger charge is 2.25. The summed E-state index contributed by atoms with van der Waals surface area (Å²) >= 11 is 0. The summed E-state index contributed by atoms with van der Waals surface area (Å²) in [5, 5.41) is 15.5. The molecule has 0 spiro atoms. The molecule has 0 aliphatic rings. The number of aryl methyl sites for hydroxylation is 1. The van der Waals surface area contributed by atoms with Crippen LogP contribution < -0.4 is 0 Å². The molecule has 0 atom stereocenters. The average Bonchev–Trinajstić information content (AvgIpc) is 2.85. The second-order valence-electron chi connectivity index (χ2n) is 4.38. The van der Waals surface area contributed by atoms with Crippen LogP contribution in [0.15, 0.2) is 6.07 Å². The first kappa shape index (κ1) is 14.8. The van der Waals surface area contributed by atoms with Crippen molar-refractivity contribution in [3.63, 3.8) is 0 Å². The van der Waals surface area contributed by atoms with Crippen LogP contribution in [0, 0.1) is 24.4 Å². The Bertz CT molecular complexity index is 702. The average molecular weight is 300 g/mol. The van der Waals surface area contributed by atoms with E-state index in [1.165, 1.54) is 7.05 Å². The summed E-state index contributed by atoms with van der Waals surface area (Å²) in [6, 6.07) is 0.395. The lowest BCUT2D eigenvalue weighted by Crippen LogP contribution is -2.28. The molecule has 0 fully saturated rings. The van der Waals surface area contributed by atoms with Gasteiger partial charge in [0.25, 0.3) is 5.91 Å². The molecule has 9 heteroatoms. The van der Waals surface area contributed by atoms with E-state index in [1.54, 1.807) is 6.92 Å². The Morgan fingerprint density at radius 2 is 2.05 bits per heavy atom. The summed E-state index contributed by atoms with van der Waals surface area (Å²) in [4.78, 5) is 17.0. The lowest BCUT2D eigenvalue weighted by Gasteiger charge is -2.16. The fourth-order valence-corrected chi connectivity index (χ4v) is 1.70. The lowest BCUT2D eigenvalue weighted by atomic mass is 10.1. The molecular formula is C12H11F3N4O2. The van der Waals surface area contributed by atoms with E-state index in [2.05, 4.69) is 15.2 Å². The van der Waals surface area contributed by atoms with Gasteiger partial charge in [0, 0.05) is 7.05 Å². The number of nitrogens with zero attached hydrogens (tertiary/aromatic N) is 3. The molecule has 1 aromatic heterocycles. The van der Waals surface area contributed by atoms with E-state index >= 15 is 0 Å². The maximum absolute atomic E-state index is 13.7. The van der Waals surface area contributed by atoms with Gasteiger partial charge in [-0.2, -0.15) is 9.49 Å². The number of H-pyrrole nitrogens is 1. The smallest absolute Gasteiger partial charge is 0.257 e. The molecule has 0 saturated heterocycles. The standard InChI is InChI=1S/C12H11F3N4O2/c1-5-16-8(18-17-5)4-19(2)12(21)6-3-7(13)10(15)11(20)9(6)14/h3,20H,4H2,1-2H3,(H,16,17,18). The first-order valence-electron chi connectivity index (χ1n) is 5.81. The van der Waals surface area contributed by atoms with E-state index in [-0.39, 0.29) is 12.4 Å². The topological polar surface area (TPSA) is 82.1 Å². The number of aromatic hydroxyl groups is 1. The minimum atomic E-state index is -1.74. The third-order valence-electron chi connectivity index (χ3n) is 2.73. The number of nitrogens with one attached hydrogen (secondary N) is 1. The van der Waals surface area contributed by atoms with E-state index in [4.69, 9.17) is 5.11 Å². The van der Waals surface area contributed by atoms with Gasteiger partial charge in [0.05, 0.1) is 12.1 Å². The van der Waals surface area contributed by atoms with Crippen LogP contribution in [0.3, 0.4) is 0 Å². The van der Waals surface area contributed by atoms with Gasteiger partial charge in [-0.05, 0) is 13.0 Å². The molecule has 2 N–H and O–H groups in total. The van der Waals surface area contributed by atoms with Crippen molar-refractivity contribution in [2.24, 2.45) is 0 Å². The van der Waals surface area contributed by atoms with Gasteiger partial charge in [-0.25, -0.2) is 13.8 Å². The Balaban J connectivity index is 2.27. The van der Waals surface area contributed by atoms with E-state index in [0.717, 1.165) is 4.90 Å². The molecule has 2 aromatic rings. The zero-order valence-corrected chi connectivity index (χ0v) is 11.1. The number of aromatic nitrogens is 3. The second-order valence-corrected chi connectivity index (χ2v) is 4.38. The van der Waals surface area contributed by atoms with Crippen LogP contribution in [-0.4, -0.2) is 38.1 Å². The van der Waals surface area contributed by atoms with Crippen LogP contribution in [0.2, 0.25) is 0 Å². The summed E-state index contributed by atoms with van der Waals surface area (Å²) in [5.74, 6) is -6.43. The van der Waals surface area contributed by atoms with Crippen LogP contribution in [-0.2, 0) is 6.54 Å². The number of amides is 1. The molecule has 0 unspecified atom stereocenters. The summed E-state index contributed by atoms with van der Waals surface area (Å²) in [5.41, 5.74) is -0.777. The van der Waals surface area contributed by atoms with Gasteiger partial charge in [-0.15, -0.1) is 0 Å². The normalized spacial score (nSPS) is 10.7. The zero-order valence-electron chi connectivity index (χ0n) is 11.1. The number of carbonyl (C=O) groups excluding carboxylic acids is 1. The number of benzene rings is 1. The monoisotopic (exact) mass is 300 g/mol. The van der Waals surface area contributed by atoms with Crippen LogP contribution in [0.25, 0.3) is 0 Å². The number of hydrogen-bond donors (Lipinski definition) is 2. The minimum absolute atomic E-state index is 0.0671. The van der Waals surface area contributed by atoms with Crippen molar-refractivity contribution < 1.29 is 23.1 Å². The highest BCUT2D eigenvalue weighted by molar-refractivity contribution is 5.94. The SMILES string of the molecule is Cc1nc(CN(C)C(=O)c2cc(F)c(F)c(O)c2F)n[nH]1. The fourth-order valence-electron chi connectivity index (χ4n) is 1.70. The third-order valence-corrected chi connectivity index (χ3v) is 2.73. The molecule has 0 aliphatic heterocycles. The summed E-state index contributed by atoms with van der Waals surface area (Å²) in [6.07, 6.45) is 0. The van der Waals surface area contributed by atoms with E-state index in [1.807, 2.05) is 0 Å². The van der Waals surface area contributed by atoms with Crippen molar-refractivity contribution >= 4 is 5.91 Å². The predicted octanol–water partition coefficient (Wildman–Crippen LogP) is 1.51. The first-order valence-corrected chi connectivity index (χ1v) is 5.81. The van der Waals surface area contributed by atoms with E-state index in [0.29, 0.717) is 11.9 Å². The van der Waals surface area contributed by atoms with Crippen molar-refractivity contribution in [2.45, 2.75) is 13.5 Å². The van der Waals surface area contributed by atoms with Crippen LogP contribution >= 0.6 is 0 Å². The lowest BCUT2D eigenvalue weighted by molar-refractivity contribution is 0.0775. The molecule has 0 bridgehead atoms. The Hall–Kier alpha value is -2.58. The summed E-state index contributed by atoms with van der Waals surface area (Å²) < 4.78 is 39.8. The molecule has 2 rings (SSSR count). The first-order chi connectivity index (χ1) is 9.81. The fraction of sp³-hybridized carbons (Fsp3) is 0.250.